The number of amides is 1. The molecule has 1 saturated heterocycles. The number of anilines is 1. The Hall–Kier alpha value is -2.47. The average Bonchev–Trinajstić information content (AvgIpc) is 3.05. The summed E-state index contributed by atoms with van der Waals surface area (Å²) in [5.74, 6) is 0.172. The third-order valence-electron chi connectivity index (χ3n) is 6.73. The fraction of sp³-hybridized carbons (Fsp3) is 0.500. The molecule has 6 nitrogen and oxygen atoms in total. The fourth-order valence-corrected chi connectivity index (χ4v) is 4.96. The van der Waals surface area contributed by atoms with Gasteiger partial charge in [0.25, 0.3) is 0 Å². The van der Waals surface area contributed by atoms with E-state index in [1.54, 1.807) is 12.4 Å². The summed E-state index contributed by atoms with van der Waals surface area (Å²) in [6.45, 7) is 0.750. The van der Waals surface area contributed by atoms with E-state index in [4.69, 9.17) is 4.74 Å². The number of hydrogen-bond donors (Lipinski definition) is 0. The van der Waals surface area contributed by atoms with Crippen LogP contribution in [0.2, 0.25) is 0 Å². The lowest BCUT2D eigenvalue weighted by Crippen LogP contribution is -2.47. The maximum absolute atomic E-state index is 12.8. The Morgan fingerprint density at radius 3 is 2.25 bits per heavy atom. The van der Waals surface area contributed by atoms with Gasteiger partial charge in [0.05, 0.1) is 25.2 Å². The SMILES string of the molecule is COc1ncc(N2C[C@]3(CC[C@@](c4ccccc4)(N(C)C)CC3)CC2=O)cn1. The Morgan fingerprint density at radius 2 is 1.68 bits per heavy atom. The predicted molar refractivity (Wildman–Crippen MR) is 108 cm³/mol. The van der Waals surface area contributed by atoms with E-state index in [2.05, 4.69) is 59.3 Å². The second kappa shape index (κ2) is 7.17. The van der Waals surface area contributed by atoms with Gasteiger partial charge in [-0.3, -0.25) is 9.69 Å². The van der Waals surface area contributed by atoms with Gasteiger partial charge < -0.3 is 9.64 Å². The van der Waals surface area contributed by atoms with Crippen LogP contribution in [-0.2, 0) is 10.3 Å². The molecule has 1 spiro atoms. The predicted octanol–water partition coefficient (Wildman–Crippen LogP) is 3.24. The van der Waals surface area contributed by atoms with Gasteiger partial charge in [-0.15, -0.1) is 0 Å². The molecule has 1 amide bonds. The summed E-state index contributed by atoms with van der Waals surface area (Å²) in [5.41, 5.74) is 2.23. The molecule has 1 aliphatic heterocycles. The second-order valence-electron chi connectivity index (χ2n) is 8.38. The topological polar surface area (TPSA) is 58.6 Å². The lowest BCUT2D eigenvalue weighted by Gasteiger charge is -2.48. The minimum Gasteiger partial charge on any atom is -0.467 e. The number of aromatic nitrogens is 2. The third kappa shape index (κ3) is 3.15. The van der Waals surface area contributed by atoms with Crippen LogP contribution < -0.4 is 9.64 Å². The molecule has 2 heterocycles. The zero-order valence-electron chi connectivity index (χ0n) is 16.9. The molecule has 1 aromatic heterocycles. The molecule has 0 bridgehead atoms. The van der Waals surface area contributed by atoms with Gasteiger partial charge in [-0.1, -0.05) is 30.3 Å². The van der Waals surface area contributed by atoms with Gasteiger partial charge in [-0.2, -0.15) is 0 Å². The Labute approximate surface area is 166 Å². The van der Waals surface area contributed by atoms with E-state index < -0.39 is 0 Å². The minimum atomic E-state index is 0.0469. The van der Waals surface area contributed by atoms with Crippen molar-refractivity contribution in [3.8, 4) is 6.01 Å². The number of rotatable bonds is 4. The van der Waals surface area contributed by atoms with Crippen molar-refractivity contribution in [3.05, 3.63) is 48.3 Å². The van der Waals surface area contributed by atoms with Crippen molar-refractivity contribution in [3.63, 3.8) is 0 Å². The minimum absolute atomic E-state index is 0.0469. The number of nitrogens with zero attached hydrogens (tertiary/aromatic N) is 4. The van der Waals surface area contributed by atoms with Crippen LogP contribution in [0, 0.1) is 5.41 Å². The van der Waals surface area contributed by atoms with E-state index >= 15 is 0 Å². The van der Waals surface area contributed by atoms with Gasteiger partial charge in [0, 0.05) is 18.5 Å². The van der Waals surface area contributed by atoms with Gasteiger partial charge in [0.15, 0.2) is 0 Å². The van der Waals surface area contributed by atoms with Crippen molar-refractivity contribution in [2.45, 2.75) is 37.6 Å². The molecule has 28 heavy (non-hydrogen) atoms. The van der Waals surface area contributed by atoms with Crippen molar-refractivity contribution >= 4 is 11.6 Å². The van der Waals surface area contributed by atoms with Gasteiger partial charge >= 0.3 is 6.01 Å². The number of carbonyl (C=O) groups is 1. The van der Waals surface area contributed by atoms with Crippen LogP contribution in [0.15, 0.2) is 42.7 Å². The molecular weight excluding hydrogens is 352 g/mol. The number of ether oxygens (including phenoxy) is 1. The molecule has 0 unspecified atom stereocenters. The Morgan fingerprint density at radius 1 is 1.04 bits per heavy atom. The number of methoxy groups -OCH3 is 1. The van der Waals surface area contributed by atoms with Gasteiger partial charge in [0.2, 0.25) is 5.91 Å². The first-order chi connectivity index (χ1) is 13.5. The second-order valence-corrected chi connectivity index (χ2v) is 8.38. The first kappa shape index (κ1) is 18.9. The molecule has 2 aromatic rings. The highest BCUT2D eigenvalue weighted by molar-refractivity contribution is 5.96. The standard InChI is InChI=1S/C22H28N4O2/c1-25(2)22(17-7-5-4-6-8-17)11-9-21(10-12-22)13-19(27)26(16-21)18-14-23-20(28-3)24-15-18/h4-8,14-15H,9-13,16H2,1-3H3/t21-,22+. The summed E-state index contributed by atoms with van der Waals surface area (Å²) >= 11 is 0. The van der Waals surface area contributed by atoms with Crippen LogP contribution in [0.4, 0.5) is 5.69 Å². The summed E-state index contributed by atoms with van der Waals surface area (Å²) in [4.78, 5) is 25.3. The molecule has 1 aliphatic carbocycles. The largest absolute Gasteiger partial charge is 0.467 e. The molecule has 0 atom stereocenters. The zero-order chi connectivity index (χ0) is 19.8. The number of hydrogen-bond acceptors (Lipinski definition) is 5. The first-order valence-electron chi connectivity index (χ1n) is 9.87. The van der Waals surface area contributed by atoms with Crippen LogP contribution in [0.25, 0.3) is 0 Å². The summed E-state index contributed by atoms with van der Waals surface area (Å²) in [6, 6.07) is 11.1. The summed E-state index contributed by atoms with van der Waals surface area (Å²) < 4.78 is 5.03. The summed E-state index contributed by atoms with van der Waals surface area (Å²) in [7, 11) is 5.88. The quantitative estimate of drug-likeness (QED) is 0.815. The smallest absolute Gasteiger partial charge is 0.316 e. The van der Waals surface area contributed by atoms with Crippen molar-refractivity contribution in [1.82, 2.24) is 14.9 Å². The number of benzene rings is 1. The molecule has 1 aromatic carbocycles. The van der Waals surface area contributed by atoms with Crippen molar-refractivity contribution in [1.29, 1.82) is 0 Å². The Bertz CT molecular complexity index is 827. The molecule has 4 rings (SSSR count). The molecule has 1 saturated carbocycles. The van der Waals surface area contributed by atoms with E-state index in [0.717, 1.165) is 37.9 Å². The highest BCUT2D eigenvalue weighted by Crippen LogP contribution is 2.52. The van der Waals surface area contributed by atoms with Gasteiger partial charge in [-0.25, -0.2) is 9.97 Å². The van der Waals surface area contributed by atoms with Crippen LogP contribution in [-0.4, -0.2) is 48.5 Å². The number of carbonyl (C=O) groups excluding carboxylic acids is 1. The monoisotopic (exact) mass is 380 g/mol. The molecule has 2 fully saturated rings. The van der Waals surface area contributed by atoms with Crippen molar-refractivity contribution in [2.75, 3.05) is 32.6 Å². The van der Waals surface area contributed by atoms with Gasteiger partial charge in [-0.05, 0) is 50.8 Å². The Balaban J connectivity index is 1.53. The fourth-order valence-electron chi connectivity index (χ4n) is 4.96. The normalized spacial score (nSPS) is 27.6. The highest BCUT2D eigenvalue weighted by Gasteiger charge is 2.50. The maximum Gasteiger partial charge on any atom is 0.316 e. The van der Waals surface area contributed by atoms with E-state index in [1.807, 2.05) is 4.90 Å². The maximum atomic E-state index is 12.8. The summed E-state index contributed by atoms with van der Waals surface area (Å²) in [5, 5.41) is 0. The average molecular weight is 380 g/mol. The van der Waals surface area contributed by atoms with Crippen molar-refractivity contribution < 1.29 is 9.53 Å². The Kier molecular flexibility index (Phi) is 4.83. The zero-order valence-corrected chi connectivity index (χ0v) is 16.9. The van der Waals surface area contributed by atoms with E-state index in [1.165, 1.54) is 12.7 Å². The molecule has 0 radical (unpaired) electrons. The van der Waals surface area contributed by atoms with E-state index in [0.29, 0.717) is 12.4 Å². The summed E-state index contributed by atoms with van der Waals surface area (Å²) in [6.07, 6.45) is 8.17. The molecule has 2 aliphatic rings. The molecular formula is C22H28N4O2. The molecule has 0 N–H and O–H groups in total. The third-order valence-corrected chi connectivity index (χ3v) is 6.73. The molecule has 148 valence electrons. The van der Waals surface area contributed by atoms with E-state index in [-0.39, 0.29) is 16.9 Å². The highest BCUT2D eigenvalue weighted by atomic mass is 16.5. The van der Waals surface area contributed by atoms with Crippen LogP contribution in [0.3, 0.4) is 0 Å². The lowest BCUT2D eigenvalue weighted by molar-refractivity contribution is -0.118. The first-order valence-corrected chi connectivity index (χ1v) is 9.87. The van der Waals surface area contributed by atoms with Crippen LogP contribution in [0.5, 0.6) is 6.01 Å². The van der Waals surface area contributed by atoms with Crippen LogP contribution in [0.1, 0.15) is 37.7 Å². The lowest BCUT2D eigenvalue weighted by atomic mass is 9.64. The van der Waals surface area contributed by atoms with Crippen LogP contribution >= 0.6 is 0 Å². The van der Waals surface area contributed by atoms with E-state index in [9.17, 15) is 4.79 Å². The van der Waals surface area contributed by atoms with Crippen molar-refractivity contribution in [2.24, 2.45) is 5.41 Å². The molecule has 6 heteroatoms. The van der Waals surface area contributed by atoms with Gasteiger partial charge in [0.1, 0.15) is 0 Å².